The summed E-state index contributed by atoms with van der Waals surface area (Å²) >= 11 is 0. The molecular formula is C29H17NO2. The molecule has 0 spiro atoms. The summed E-state index contributed by atoms with van der Waals surface area (Å²) in [5, 5.41) is 15.2. The van der Waals surface area contributed by atoms with Crippen LogP contribution in [-0.4, -0.2) is 0 Å². The van der Waals surface area contributed by atoms with Crippen LogP contribution in [0.2, 0.25) is 0 Å². The monoisotopic (exact) mass is 411 g/mol. The van der Waals surface area contributed by atoms with E-state index in [4.69, 9.17) is 14.2 Å². The van der Waals surface area contributed by atoms with Gasteiger partial charge in [-0.05, 0) is 28.5 Å². The molecule has 0 aliphatic rings. The fourth-order valence-corrected chi connectivity index (χ4v) is 5.04. The van der Waals surface area contributed by atoms with Gasteiger partial charge in [-0.1, -0.05) is 84.9 Å². The lowest BCUT2D eigenvalue weighted by atomic mass is 9.89. The molecule has 0 amide bonds. The van der Waals surface area contributed by atoms with Crippen LogP contribution >= 0.6 is 0 Å². The third-order valence-electron chi connectivity index (χ3n) is 6.32. The van der Waals surface area contributed by atoms with E-state index < -0.39 is 0 Å². The number of fused-ring (bicyclic) bond motifs is 2. The van der Waals surface area contributed by atoms with Crippen molar-refractivity contribution < 1.29 is 8.83 Å². The van der Waals surface area contributed by atoms with E-state index in [9.17, 15) is 0 Å². The second-order valence-electron chi connectivity index (χ2n) is 8.08. The van der Waals surface area contributed by atoms with Gasteiger partial charge in [0.1, 0.15) is 16.9 Å². The van der Waals surface area contributed by atoms with Gasteiger partial charge in [0.2, 0.25) is 5.55 Å². The molecule has 3 heteroatoms. The molecule has 0 saturated heterocycles. The third kappa shape index (κ3) is 2.22. The Hall–Kier alpha value is -4.37. The van der Waals surface area contributed by atoms with Crippen molar-refractivity contribution in [2.24, 2.45) is 0 Å². The molecule has 3 nitrogen and oxygen atoms in total. The molecule has 0 unspecified atom stereocenters. The van der Waals surface area contributed by atoms with E-state index in [2.05, 4.69) is 24.3 Å². The van der Waals surface area contributed by atoms with E-state index in [0.29, 0.717) is 5.58 Å². The van der Waals surface area contributed by atoms with Crippen molar-refractivity contribution in [3.05, 3.63) is 103 Å². The molecule has 0 radical (unpaired) electrons. The first-order valence-corrected chi connectivity index (χ1v) is 10.6. The summed E-state index contributed by atoms with van der Waals surface area (Å²) in [7, 11) is 0. The second kappa shape index (κ2) is 6.32. The Kier molecular flexibility index (Phi) is 3.42. The average Bonchev–Trinajstić information content (AvgIpc) is 3.24. The largest absolute Gasteiger partial charge is 0.455 e. The number of nitrogens with one attached hydrogen (secondary N) is 1. The Labute approximate surface area is 183 Å². The topological polar surface area (TPSA) is 50.1 Å². The third-order valence-corrected chi connectivity index (χ3v) is 6.32. The van der Waals surface area contributed by atoms with Crippen LogP contribution in [0, 0.1) is 5.41 Å². The molecule has 150 valence electrons. The zero-order chi connectivity index (χ0) is 21.2. The predicted octanol–water partition coefficient (Wildman–Crippen LogP) is 7.74. The van der Waals surface area contributed by atoms with Crippen molar-refractivity contribution in [1.29, 1.82) is 5.41 Å². The Bertz CT molecular complexity index is 1830. The molecular weight excluding hydrogens is 394 g/mol. The van der Waals surface area contributed by atoms with E-state index in [-0.39, 0.29) is 5.55 Å². The second-order valence-corrected chi connectivity index (χ2v) is 8.08. The van der Waals surface area contributed by atoms with Gasteiger partial charge in [0.05, 0.1) is 5.56 Å². The van der Waals surface area contributed by atoms with Gasteiger partial charge >= 0.3 is 0 Å². The quantitative estimate of drug-likeness (QED) is 0.234. The highest BCUT2D eigenvalue weighted by atomic mass is 16.3. The maximum atomic E-state index is 8.75. The number of furan rings is 1. The highest BCUT2D eigenvalue weighted by Gasteiger charge is 2.23. The maximum Gasteiger partial charge on any atom is 0.220 e. The standard InChI is InChI=1S/C29H17NO2/c30-29-23(17-9-3-1-4-10-17)26-19-13-7-15-21-25(19)27(20-14-8-16-22(32-29)24(20)26)28(31-21)18-11-5-2-6-12-18/h1-16,30H. The highest BCUT2D eigenvalue weighted by Crippen LogP contribution is 2.47. The first kappa shape index (κ1) is 17.3. The first-order valence-electron chi connectivity index (χ1n) is 10.6. The summed E-state index contributed by atoms with van der Waals surface area (Å²) in [6.45, 7) is 0. The minimum Gasteiger partial charge on any atom is -0.455 e. The fourth-order valence-electron chi connectivity index (χ4n) is 5.04. The Morgan fingerprint density at radius 1 is 0.469 bits per heavy atom. The number of hydrogen-bond acceptors (Lipinski definition) is 3. The lowest BCUT2D eigenvalue weighted by Gasteiger charge is -2.14. The van der Waals surface area contributed by atoms with Crippen molar-refractivity contribution in [1.82, 2.24) is 0 Å². The average molecular weight is 411 g/mol. The highest BCUT2D eigenvalue weighted by molar-refractivity contribution is 6.36. The number of hydrogen-bond donors (Lipinski definition) is 1. The molecule has 7 aromatic rings. The van der Waals surface area contributed by atoms with E-state index in [1.54, 1.807) is 0 Å². The summed E-state index contributed by atoms with van der Waals surface area (Å²) < 4.78 is 12.5. The molecule has 0 aliphatic heterocycles. The summed E-state index contributed by atoms with van der Waals surface area (Å²) in [5.41, 5.74) is 4.56. The van der Waals surface area contributed by atoms with Crippen molar-refractivity contribution in [3.8, 4) is 22.5 Å². The summed E-state index contributed by atoms with van der Waals surface area (Å²) in [6.07, 6.45) is 0. The van der Waals surface area contributed by atoms with E-state index in [1.807, 2.05) is 72.8 Å². The van der Waals surface area contributed by atoms with Gasteiger partial charge in [-0.15, -0.1) is 0 Å². The van der Waals surface area contributed by atoms with Crippen molar-refractivity contribution in [2.45, 2.75) is 0 Å². The minimum absolute atomic E-state index is 0.170. The molecule has 5 aromatic carbocycles. The fraction of sp³-hybridized carbons (Fsp3) is 0. The smallest absolute Gasteiger partial charge is 0.220 e. The normalized spacial score (nSPS) is 11.9. The maximum absolute atomic E-state index is 8.75. The van der Waals surface area contributed by atoms with Crippen molar-refractivity contribution >= 4 is 43.5 Å². The van der Waals surface area contributed by atoms with Crippen LogP contribution in [0.25, 0.3) is 65.9 Å². The first-order chi connectivity index (χ1) is 15.8. The molecule has 7 rings (SSSR count). The van der Waals surface area contributed by atoms with Crippen molar-refractivity contribution in [3.63, 3.8) is 0 Å². The van der Waals surface area contributed by atoms with Gasteiger partial charge in [0.15, 0.2) is 0 Å². The van der Waals surface area contributed by atoms with Crippen LogP contribution < -0.4 is 5.55 Å². The Morgan fingerprint density at radius 3 is 1.72 bits per heavy atom. The summed E-state index contributed by atoms with van der Waals surface area (Å²) in [4.78, 5) is 0. The van der Waals surface area contributed by atoms with Crippen LogP contribution in [-0.2, 0) is 0 Å². The minimum atomic E-state index is 0.170. The lowest BCUT2D eigenvalue weighted by molar-refractivity contribution is 0.538. The van der Waals surface area contributed by atoms with Gasteiger partial charge < -0.3 is 8.83 Å². The van der Waals surface area contributed by atoms with Crippen molar-refractivity contribution in [2.75, 3.05) is 0 Å². The zero-order valence-corrected chi connectivity index (χ0v) is 17.1. The van der Waals surface area contributed by atoms with E-state index in [0.717, 1.165) is 60.4 Å². The van der Waals surface area contributed by atoms with Crippen LogP contribution in [0.3, 0.4) is 0 Å². The SMILES string of the molecule is N=c1oc2cccc3c4c(-c5ccccc5)oc5cccc(c(c1-c1ccccc1)c23)c54. The molecule has 32 heavy (non-hydrogen) atoms. The van der Waals surface area contributed by atoms with Gasteiger partial charge in [-0.3, -0.25) is 5.41 Å². The van der Waals surface area contributed by atoms with E-state index in [1.165, 1.54) is 0 Å². The molecule has 2 heterocycles. The van der Waals surface area contributed by atoms with Crippen LogP contribution in [0.5, 0.6) is 0 Å². The lowest BCUT2D eigenvalue weighted by Crippen LogP contribution is -2.05. The van der Waals surface area contributed by atoms with Gasteiger partial charge in [-0.25, -0.2) is 0 Å². The summed E-state index contributed by atoms with van der Waals surface area (Å²) in [6, 6.07) is 32.5. The molecule has 0 fully saturated rings. The van der Waals surface area contributed by atoms with Crippen LogP contribution in [0.15, 0.2) is 106 Å². The number of benzene rings is 5. The molecule has 0 atom stereocenters. The molecule has 0 saturated carbocycles. The Balaban J connectivity index is 1.80. The van der Waals surface area contributed by atoms with Crippen LogP contribution in [0.1, 0.15) is 0 Å². The summed E-state index contributed by atoms with van der Waals surface area (Å²) in [5.74, 6) is 0.863. The van der Waals surface area contributed by atoms with Gasteiger partial charge in [0.25, 0.3) is 0 Å². The van der Waals surface area contributed by atoms with Crippen LogP contribution in [0.4, 0.5) is 0 Å². The predicted molar refractivity (Wildman–Crippen MR) is 129 cm³/mol. The van der Waals surface area contributed by atoms with E-state index >= 15 is 0 Å². The molecule has 0 aliphatic carbocycles. The Morgan fingerprint density at radius 2 is 1.03 bits per heavy atom. The van der Waals surface area contributed by atoms with Gasteiger partial charge in [-0.2, -0.15) is 0 Å². The van der Waals surface area contributed by atoms with Gasteiger partial charge in [0, 0.05) is 27.1 Å². The molecule has 2 aromatic heterocycles. The zero-order valence-electron chi connectivity index (χ0n) is 17.1. The molecule has 1 N–H and O–H groups in total. The number of rotatable bonds is 2. The molecule has 0 bridgehead atoms.